The van der Waals surface area contributed by atoms with Crippen LogP contribution in [0, 0.1) is 5.92 Å². The molecule has 1 heterocycles. The van der Waals surface area contributed by atoms with Crippen LogP contribution in [-0.4, -0.2) is 23.6 Å². The van der Waals surface area contributed by atoms with Gasteiger partial charge in [-0.2, -0.15) is 8.78 Å². The Labute approximate surface area is 124 Å². The largest absolute Gasteiger partial charge is 0.430 e. The monoisotopic (exact) mass is 320 g/mol. The molecule has 1 fully saturated rings. The summed E-state index contributed by atoms with van der Waals surface area (Å²) in [4.78, 5) is 9.05. The second-order valence-corrected chi connectivity index (χ2v) is 5.67. The first-order valence-corrected chi connectivity index (χ1v) is 7.57. The number of oxime groups is 1. The van der Waals surface area contributed by atoms with Crippen LogP contribution in [-0.2, 0) is 4.84 Å². The van der Waals surface area contributed by atoms with Gasteiger partial charge >= 0.3 is 6.08 Å². The molecule has 0 saturated heterocycles. The van der Waals surface area contributed by atoms with E-state index in [1.54, 1.807) is 0 Å². The minimum Gasteiger partial charge on any atom is -0.430 e. The Kier molecular flexibility index (Phi) is 6.16. The third-order valence-corrected chi connectivity index (χ3v) is 3.89. The molecule has 0 amide bonds. The van der Waals surface area contributed by atoms with Gasteiger partial charge in [-0.1, -0.05) is 23.3 Å². The van der Waals surface area contributed by atoms with Gasteiger partial charge in [0, 0.05) is 12.2 Å². The summed E-state index contributed by atoms with van der Waals surface area (Å²) in [5, 5.41) is 4.05. The van der Waals surface area contributed by atoms with Crippen LogP contribution in [0.5, 0.6) is 0 Å². The van der Waals surface area contributed by atoms with Crippen molar-refractivity contribution < 1.29 is 22.4 Å². The summed E-state index contributed by atoms with van der Waals surface area (Å²) in [7, 11) is 0. The third-order valence-electron chi connectivity index (χ3n) is 3.04. The molecule has 0 aliphatic heterocycles. The molecular weight excluding hydrogens is 305 g/mol. The van der Waals surface area contributed by atoms with Crippen LogP contribution >= 0.6 is 11.8 Å². The van der Waals surface area contributed by atoms with Gasteiger partial charge in [-0.25, -0.2) is 9.37 Å². The highest BCUT2D eigenvalue weighted by Gasteiger charge is 2.17. The molecule has 1 aliphatic rings. The molecule has 2 rings (SSSR count). The van der Waals surface area contributed by atoms with Crippen LogP contribution in [0.4, 0.5) is 13.2 Å². The molecule has 0 atom stereocenters. The molecule has 1 saturated carbocycles. The quantitative estimate of drug-likeness (QED) is 0.405. The predicted molar refractivity (Wildman–Crippen MR) is 73.1 cm³/mol. The maximum Gasteiger partial charge on any atom is 0.301 e. The van der Waals surface area contributed by atoms with Crippen molar-refractivity contribution in [3.63, 3.8) is 0 Å². The lowest BCUT2D eigenvalue weighted by Gasteiger charge is -2.23. The van der Waals surface area contributed by atoms with Crippen molar-refractivity contribution in [2.24, 2.45) is 11.1 Å². The molecule has 0 spiro atoms. The highest BCUT2D eigenvalue weighted by atomic mass is 32.2. The van der Waals surface area contributed by atoms with Gasteiger partial charge < -0.3 is 9.25 Å². The zero-order valence-electron chi connectivity index (χ0n) is 11.2. The zero-order valence-corrected chi connectivity index (χ0v) is 12.0. The van der Waals surface area contributed by atoms with Gasteiger partial charge in [0.25, 0.3) is 5.22 Å². The van der Waals surface area contributed by atoms with Crippen LogP contribution in [0.25, 0.3) is 0 Å². The van der Waals surface area contributed by atoms with E-state index in [4.69, 9.17) is 9.25 Å². The molecule has 1 aromatic rings. The van der Waals surface area contributed by atoms with Crippen molar-refractivity contribution >= 4 is 18.0 Å². The molecule has 8 heteroatoms. The fraction of sp³-hybridized carbons (Fsp3) is 0.538. The summed E-state index contributed by atoms with van der Waals surface area (Å²) in [6, 6.07) is 0. The lowest BCUT2D eigenvalue weighted by molar-refractivity contribution is 0.0766. The standard InChI is InChI=1S/C13H15F3N2O2S/c14-11(12(15)16)4-5-21-13-17-6-10(20-13)7-18-19-8-9-2-1-3-9/h6-7,9H,1-5,8H2. The van der Waals surface area contributed by atoms with E-state index in [0.29, 0.717) is 18.3 Å². The molecular formula is C13H15F3N2O2S. The predicted octanol–water partition coefficient (Wildman–Crippen LogP) is 4.39. The number of oxazole rings is 1. The topological polar surface area (TPSA) is 47.6 Å². The highest BCUT2D eigenvalue weighted by Crippen LogP contribution is 2.26. The molecule has 0 aromatic carbocycles. The van der Waals surface area contributed by atoms with E-state index < -0.39 is 11.9 Å². The first kappa shape index (κ1) is 15.9. The number of thioether (sulfide) groups is 1. The van der Waals surface area contributed by atoms with E-state index in [1.165, 1.54) is 31.7 Å². The van der Waals surface area contributed by atoms with Crippen LogP contribution in [0.3, 0.4) is 0 Å². The molecule has 1 aliphatic carbocycles. The smallest absolute Gasteiger partial charge is 0.301 e. The fourth-order valence-corrected chi connectivity index (χ4v) is 2.35. The Morgan fingerprint density at radius 1 is 1.48 bits per heavy atom. The van der Waals surface area contributed by atoms with E-state index in [1.807, 2.05) is 0 Å². The normalized spacial score (nSPS) is 15.2. The lowest BCUT2D eigenvalue weighted by Crippen LogP contribution is -2.16. The SMILES string of the molecule is FC(F)=C(F)CCSc1ncc(C=NOCC2CCC2)o1. The van der Waals surface area contributed by atoms with Gasteiger partial charge in [0.2, 0.25) is 0 Å². The summed E-state index contributed by atoms with van der Waals surface area (Å²) in [6.07, 6.45) is 3.83. The average Bonchev–Trinajstić information content (AvgIpc) is 2.84. The number of hydrogen-bond acceptors (Lipinski definition) is 5. The maximum absolute atomic E-state index is 12.6. The van der Waals surface area contributed by atoms with Crippen LogP contribution < -0.4 is 0 Å². The van der Waals surface area contributed by atoms with Crippen LogP contribution in [0.1, 0.15) is 31.4 Å². The van der Waals surface area contributed by atoms with Gasteiger partial charge in [-0.3, -0.25) is 0 Å². The Morgan fingerprint density at radius 3 is 2.95 bits per heavy atom. The van der Waals surface area contributed by atoms with Crippen molar-refractivity contribution in [1.29, 1.82) is 0 Å². The van der Waals surface area contributed by atoms with E-state index >= 15 is 0 Å². The second kappa shape index (κ2) is 8.11. The van der Waals surface area contributed by atoms with E-state index in [0.717, 1.165) is 11.8 Å². The molecule has 0 bridgehead atoms. The molecule has 21 heavy (non-hydrogen) atoms. The van der Waals surface area contributed by atoms with Crippen LogP contribution in [0.15, 0.2) is 32.9 Å². The maximum atomic E-state index is 12.6. The van der Waals surface area contributed by atoms with E-state index in [9.17, 15) is 13.2 Å². The van der Waals surface area contributed by atoms with Crippen molar-refractivity contribution in [3.8, 4) is 0 Å². The number of aromatic nitrogens is 1. The molecule has 0 radical (unpaired) electrons. The number of nitrogens with zero attached hydrogens (tertiary/aromatic N) is 2. The molecule has 116 valence electrons. The van der Waals surface area contributed by atoms with Crippen molar-refractivity contribution in [1.82, 2.24) is 4.98 Å². The first-order chi connectivity index (χ1) is 10.1. The third kappa shape index (κ3) is 5.45. The minimum atomic E-state index is -2.28. The van der Waals surface area contributed by atoms with E-state index in [-0.39, 0.29) is 17.4 Å². The van der Waals surface area contributed by atoms with Gasteiger partial charge in [-0.15, -0.1) is 0 Å². The van der Waals surface area contributed by atoms with Gasteiger partial charge in [0.1, 0.15) is 12.8 Å². The summed E-state index contributed by atoms with van der Waals surface area (Å²) in [5.41, 5.74) is 0. The number of rotatable bonds is 8. The number of hydrogen-bond donors (Lipinski definition) is 0. The van der Waals surface area contributed by atoms with Crippen molar-refractivity contribution in [2.75, 3.05) is 12.4 Å². The number of allylic oxidation sites excluding steroid dienone is 1. The van der Waals surface area contributed by atoms with Crippen LogP contribution in [0.2, 0.25) is 0 Å². The summed E-state index contributed by atoms with van der Waals surface area (Å²) >= 11 is 1.06. The fourth-order valence-electron chi connectivity index (χ4n) is 1.62. The molecule has 0 unspecified atom stereocenters. The zero-order chi connectivity index (χ0) is 15.1. The Morgan fingerprint density at radius 2 is 2.29 bits per heavy atom. The van der Waals surface area contributed by atoms with Gasteiger partial charge in [0.05, 0.1) is 6.20 Å². The Hall–Kier alpha value is -1.44. The Bertz CT molecular complexity index is 511. The summed E-state index contributed by atoms with van der Waals surface area (Å²) < 4.78 is 41.5. The molecule has 4 nitrogen and oxygen atoms in total. The highest BCUT2D eigenvalue weighted by molar-refractivity contribution is 7.99. The second-order valence-electron chi connectivity index (χ2n) is 4.62. The van der Waals surface area contributed by atoms with Crippen molar-refractivity contribution in [3.05, 3.63) is 23.9 Å². The summed E-state index contributed by atoms with van der Waals surface area (Å²) in [5.74, 6) is -0.279. The Balaban J connectivity index is 1.68. The molecule has 0 N–H and O–H groups in total. The van der Waals surface area contributed by atoms with Crippen molar-refractivity contribution in [2.45, 2.75) is 30.9 Å². The van der Waals surface area contributed by atoms with Gasteiger partial charge in [-0.05, 0) is 18.8 Å². The minimum absolute atomic E-state index is 0.123. The molecule has 1 aromatic heterocycles. The lowest BCUT2D eigenvalue weighted by atomic mass is 9.86. The van der Waals surface area contributed by atoms with E-state index in [2.05, 4.69) is 10.1 Å². The first-order valence-electron chi connectivity index (χ1n) is 6.58. The average molecular weight is 320 g/mol. The number of halogens is 3. The summed E-state index contributed by atoms with van der Waals surface area (Å²) in [6.45, 7) is 0.604. The van der Waals surface area contributed by atoms with Gasteiger partial charge in [0.15, 0.2) is 11.6 Å².